The van der Waals surface area contributed by atoms with Crippen molar-refractivity contribution in [3.05, 3.63) is 90.2 Å². The summed E-state index contributed by atoms with van der Waals surface area (Å²) in [5.74, 6) is 0.511. The molecule has 3 aromatic rings. The van der Waals surface area contributed by atoms with Gasteiger partial charge in [-0.05, 0) is 29.3 Å². The number of halogens is 1. The van der Waals surface area contributed by atoms with Gasteiger partial charge in [-0.3, -0.25) is 0 Å². The molecule has 0 unspecified atom stereocenters. The molecule has 0 atom stereocenters. The van der Waals surface area contributed by atoms with Crippen LogP contribution in [0, 0.1) is 5.82 Å². The predicted molar refractivity (Wildman–Crippen MR) is 82.6 cm³/mol. The molecule has 3 rings (SSSR count). The smallest absolute Gasteiger partial charge is 0.127 e. The zero-order valence-corrected chi connectivity index (χ0v) is 11.5. The quantitative estimate of drug-likeness (QED) is 0.647. The summed E-state index contributed by atoms with van der Waals surface area (Å²) in [4.78, 5) is 0. The van der Waals surface area contributed by atoms with Crippen molar-refractivity contribution < 1.29 is 9.13 Å². The van der Waals surface area contributed by atoms with Crippen LogP contribution in [-0.4, -0.2) is 0 Å². The lowest BCUT2D eigenvalue weighted by atomic mass is 10.0. The summed E-state index contributed by atoms with van der Waals surface area (Å²) in [6.07, 6.45) is 0. The first-order valence-corrected chi connectivity index (χ1v) is 6.84. The molecule has 0 N–H and O–H groups in total. The Morgan fingerprint density at radius 1 is 0.762 bits per heavy atom. The second-order valence-corrected chi connectivity index (χ2v) is 4.78. The molecule has 0 radical (unpaired) electrons. The van der Waals surface area contributed by atoms with Crippen molar-refractivity contribution in [3.63, 3.8) is 0 Å². The minimum atomic E-state index is -0.245. The molecular formula is C19H15FO. The van der Waals surface area contributed by atoms with Gasteiger partial charge in [-0.1, -0.05) is 60.7 Å². The zero-order valence-electron chi connectivity index (χ0n) is 11.5. The van der Waals surface area contributed by atoms with Crippen molar-refractivity contribution in [2.45, 2.75) is 6.61 Å². The van der Waals surface area contributed by atoms with E-state index in [4.69, 9.17) is 4.74 Å². The number of rotatable bonds is 4. The Morgan fingerprint density at radius 3 is 2.33 bits per heavy atom. The van der Waals surface area contributed by atoms with E-state index in [1.165, 1.54) is 12.1 Å². The molecule has 21 heavy (non-hydrogen) atoms. The third kappa shape index (κ3) is 3.29. The highest BCUT2D eigenvalue weighted by Crippen LogP contribution is 2.30. The number of para-hydroxylation sites is 1. The molecule has 3 aromatic carbocycles. The summed E-state index contributed by atoms with van der Waals surface area (Å²) < 4.78 is 19.3. The highest BCUT2D eigenvalue weighted by atomic mass is 19.1. The summed E-state index contributed by atoms with van der Waals surface area (Å²) >= 11 is 0. The first kappa shape index (κ1) is 13.4. The summed E-state index contributed by atoms with van der Waals surface area (Å²) in [5, 5.41) is 0. The van der Waals surface area contributed by atoms with E-state index in [1.807, 2.05) is 60.7 Å². The Kier molecular flexibility index (Phi) is 3.97. The molecule has 1 nitrogen and oxygen atoms in total. The van der Waals surface area contributed by atoms with Gasteiger partial charge in [0, 0.05) is 5.56 Å². The second-order valence-electron chi connectivity index (χ2n) is 4.78. The fourth-order valence-corrected chi connectivity index (χ4v) is 2.22. The van der Waals surface area contributed by atoms with Gasteiger partial charge in [0.25, 0.3) is 0 Å². The van der Waals surface area contributed by atoms with Crippen LogP contribution in [0.3, 0.4) is 0 Å². The predicted octanol–water partition coefficient (Wildman–Crippen LogP) is 5.07. The molecule has 0 aliphatic carbocycles. The molecule has 2 heteroatoms. The molecule has 0 bridgehead atoms. The topological polar surface area (TPSA) is 9.23 Å². The van der Waals surface area contributed by atoms with Gasteiger partial charge in [0.15, 0.2) is 0 Å². The van der Waals surface area contributed by atoms with Crippen LogP contribution in [0.2, 0.25) is 0 Å². The molecule has 0 fully saturated rings. The van der Waals surface area contributed by atoms with Gasteiger partial charge in [-0.15, -0.1) is 0 Å². The Morgan fingerprint density at radius 2 is 1.52 bits per heavy atom. The molecule has 0 saturated carbocycles. The van der Waals surface area contributed by atoms with Gasteiger partial charge >= 0.3 is 0 Å². The number of hydrogen-bond donors (Lipinski definition) is 0. The SMILES string of the molecule is Fc1cccc(-c2ccccc2OCc2ccccc2)c1. The third-order valence-corrected chi connectivity index (χ3v) is 3.26. The molecule has 0 saturated heterocycles. The van der Waals surface area contributed by atoms with Crippen LogP contribution in [0.15, 0.2) is 78.9 Å². The lowest BCUT2D eigenvalue weighted by Crippen LogP contribution is -1.96. The van der Waals surface area contributed by atoms with E-state index in [0.717, 1.165) is 22.4 Å². The Bertz CT molecular complexity index is 722. The van der Waals surface area contributed by atoms with Gasteiger partial charge in [0.2, 0.25) is 0 Å². The highest BCUT2D eigenvalue weighted by Gasteiger charge is 2.06. The summed E-state index contributed by atoms with van der Waals surface area (Å²) in [5.41, 5.74) is 2.82. The lowest BCUT2D eigenvalue weighted by molar-refractivity contribution is 0.307. The molecule has 0 aromatic heterocycles. The monoisotopic (exact) mass is 278 g/mol. The van der Waals surface area contributed by atoms with Gasteiger partial charge < -0.3 is 4.74 Å². The summed E-state index contributed by atoms with van der Waals surface area (Å²) in [7, 11) is 0. The van der Waals surface area contributed by atoms with Gasteiger partial charge in [-0.2, -0.15) is 0 Å². The van der Waals surface area contributed by atoms with Gasteiger partial charge in [0.05, 0.1) is 0 Å². The minimum absolute atomic E-state index is 0.245. The Labute approximate surface area is 123 Å². The first-order valence-electron chi connectivity index (χ1n) is 6.84. The number of ether oxygens (including phenoxy) is 1. The molecule has 0 amide bonds. The third-order valence-electron chi connectivity index (χ3n) is 3.26. The highest BCUT2D eigenvalue weighted by molar-refractivity contribution is 5.70. The number of hydrogen-bond acceptors (Lipinski definition) is 1. The van der Waals surface area contributed by atoms with Crippen molar-refractivity contribution in [2.24, 2.45) is 0 Å². The van der Waals surface area contributed by atoms with Crippen LogP contribution in [0.25, 0.3) is 11.1 Å². The van der Waals surface area contributed by atoms with E-state index in [9.17, 15) is 4.39 Å². The molecule has 0 heterocycles. The van der Waals surface area contributed by atoms with Crippen LogP contribution in [-0.2, 0) is 6.61 Å². The first-order chi connectivity index (χ1) is 10.3. The minimum Gasteiger partial charge on any atom is -0.488 e. The maximum atomic E-state index is 13.4. The van der Waals surface area contributed by atoms with Crippen molar-refractivity contribution >= 4 is 0 Å². The van der Waals surface area contributed by atoms with Crippen molar-refractivity contribution in [1.82, 2.24) is 0 Å². The molecule has 0 spiro atoms. The van der Waals surface area contributed by atoms with Crippen LogP contribution >= 0.6 is 0 Å². The maximum Gasteiger partial charge on any atom is 0.127 e. The fourth-order valence-electron chi connectivity index (χ4n) is 2.22. The number of benzene rings is 3. The van der Waals surface area contributed by atoms with Gasteiger partial charge in [0.1, 0.15) is 18.2 Å². The molecule has 0 aliphatic heterocycles. The van der Waals surface area contributed by atoms with E-state index in [0.29, 0.717) is 6.61 Å². The van der Waals surface area contributed by atoms with E-state index >= 15 is 0 Å². The van der Waals surface area contributed by atoms with E-state index in [1.54, 1.807) is 6.07 Å². The summed E-state index contributed by atoms with van der Waals surface area (Å²) in [6, 6.07) is 24.2. The van der Waals surface area contributed by atoms with Crippen LogP contribution in [0.1, 0.15) is 5.56 Å². The largest absolute Gasteiger partial charge is 0.488 e. The average Bonchev–Trinajstić information content (AvgIpc) is 2.54. The summed E-state index contributed by atoms with van der Waals surface area (Å²) in [6.45, 7) is 0.493. The maximum absolute atomic E-state index is 13.4. The van der Waals surface area contributed by atoms with E-state index in [-0.39, 0.29) is 5.82 Å². The van der Waals surface area contributed by atoms with Crippen LogP contribution < -0.4 is 4.74 Å². The fraction of sp³-hybridized carbons (Fsp3) is 0.0526. The van der Waals surface area contributed by atoms with Crippen LogP contribution in [0.4, 0.5) is 4.39 Å². The second kappa shape index (κ2) is 6.23. The van der Waals surface area contributed by atoms with Crippen molar-refractivity contribution in [3.8, 4) is 16.9 Å². The van der Waals surface area contributed by atoms with Crippen molar-refractivity contribution in [1.29, 1.82) is 0 Å². The van der Waals surface area contributed by atoms with Crippen molar-refractivity contribution in [2.75, 3.05) is 0 Å². The van der Waals surface area contributed by atoms with E-state index < -0.39 is 0 Å². The Hall–Kier alpha value is -2.61. The average molecular weight is 278 g/mol. The molecular weight excluding hydrogens is 263 g/mol. The normalized spacial score (nSPS) is 10.3. The van der Waals surface area contributed by atoms with Crippen LogP contribution in [0.5, 0.6) is 5.75 Å². The molecule has 0 aliphatic rings. The standard InChI is InChI=1S/C19H15FO/c20-17-10-6-9-16(13-17)18-11-4-5-12-19(18)21-14-15-7-2-1-3-8-15/h1-13H,14H2. The van der Waals surface area contributed by atoms with Gasteiger partial charge in [-0.25, -0.2) is 4.39 Å². The van der Waals surface area contributed by atoms with E-state index in [2.05, 4.69) is 0 Å². The molecule has 104 valence electrons. The lowest BCUT2D eigenvalue weighted by Gasteiger charge is -2.11. The Balaban J connectivity index is 1.86. The zero-order chi connectivity index (χ0) is 14.5.